The molecule has 0 amide bonds. The molecule has 0 aromatic heterocycles. The molecule has 100 valence electrons. The molecule has 1 aliphatic carbocycles. The van der Waals surface area contributed by atoms with Gasteiger partial charge in [0, 0.05) is 19.1 Å². The molecule has 0 fully saturated rings. The number of hydrogen-bond donors (Lipinski definition) is 2. The molecule has 1 aliphatic rings. The number of nitrogens with one attached hydrogen (secondary N) is 1. The van der Waals surface area contributed by atoms with E-state index in [1.54, 1.807) is 0 Å². The molecule has 2 heteroatoms. The van der Waals surface area contributed by atoms with Gasteiger partial charge in [0.15, 0.2) is 0 Å². The van der Waals surface area contributed by atoms with Crippen molar-refractivity contribution in [2.75, 3.05) is 13.1 Å². The highest BCUT2D eigenvalue weighted by molar-refractivity contribution is 5.05. The highest BCUT2D eigenvalue weighted by Crippen LogP contribution is 2.23. The maximum absolute atomic E-state index is 5.85. The largest absolute Gasteiger partial charge is 0.324 e. The van der Waals surface area contributed by atoms with Gasteiger partial charge < -0.3 is 11.1 Å². The minimum atomic E-state index is 0.291. The summed E-state index contributed by atoms with van der Waals surface area (Å²) in [7, 11) is 0. The van der Waals surface area contributed by atoms with Crippen LogP contribution in [0.25, 0.3) is 0 Å². The summed E-state index contributed by atoms with van der Waals surface area (Å²) in [4.78, 5) is 0. The molecule has 0 heterocycles. The van der Waals surface area contributed by atoms with Crippen molar-refractivity contribution in [1.29, 1.82) is 0 Å². The second-order valence-electron chi connectivity index (χ2n) is 6.30. The van der Waals surface area contributed by atoms with Gasteiger partial charge in [0.2, 0.25) is 0 Å². The van der Waals surface area contributed by atoms with Crippen LogP contribution in [0.4, 0.5) is 0 Å². The van der Waals surface area contributed by atoms with Gasteiger partial charge in [-0.25, -0.2) is 0 Å². The van der Waals surface area contributed by atoms with Gasteiger partial charge in [-0.3, -0.25) is 0 Å². The summed E-state index contributed by atoms with van der Waals surface area (Å²) in [6.45, 7) is 9.20. The Balaban J connectivity index is 2.10. The van der Waals surface area contributed by atoms with Gasteiger partial charge in [0.05, 0.1) is 0 Å². The van der Waals surface area contributed by atoms with Crippen LogP contribution in [0.3, 0.4) is 0 Å². The summed E-state index contributed by atoms with van der Waals surface area (Å²) in [6.07, 6.45) is 10.9. The monoisotopic (exact) mass is 238 g/mol. The Kier molecular flexibility index (Phi) is 6.21. The predicted octanol–water partition coefficient (Wildman–Crippen LogP) is 3.09. The zero-order valence-electron chi connectivity index (χ0n) is 11.8. The summed E-state index contributed by atoms with van der Waals surface area (Å²) >= 11 is 0. The predicted molar refractivity (Wildman–Crippen MR) is 76.0 cm³/mol. The van der Waals surface area contributed by atoms with Crippen LogP contribution in [0.2, 0.25) is 0 Å². The lowest BCUT2D eigenvalue weighted by Crippen LogP contribution is -2.32. The highest BCUT2D eigenvalue weighted by atomic mass is 14.9. The van der Waals surface area contributed by atoms with E-state index in [0.717, 1.165) is 19.5 Å². The maximum atomic E-state index is 5.85. The van der Waals surface area contributed by atoms with Crippen molar-refractivity contribution in [2.24, 2.45) is 17.1 Å². The van der Waals surface area contributed by atoms with Crippen LogP contribution in [0.5, 0.6) is 0 Å². The Labute approximate surface area is 107 Å². The van der Waals surface area contributed by atoms with Crippen molar-refractivity contribution in [3.05, 3.63) is 12.2 Å². The maximum Gasteiger partial charge on any atom is 0.0229 e. The van der Waals surface area contributed by atoms with Crippen molar-refractivity contribution in [3.8, 4) is 0 Å². The fourth-order valence-electron chi connectivity index (χ4n) is 2.50. The molecule has 0 radical (unpaired) electrons. The second-order valence-corrected chi connectivity index (χ2v) is 6.30. The van der Waals surface area contributed by atoms with Gasteiger partial charge in [-0.05, 0) is 24.2 Å². The Morgan fingerprint density at radius 2 is 2.06 bits per heavy atom. The second kappa shape index (κ2) is 7.17. The smallest absolute Gasteiger partial charge is 0.0229 e. The Morgan fingerprint density at radius 3 is 2.65 bits per heavy atom. The van der Waals surface area contributed by atoms with E-state index < -0.39 is 0 Å². The van der Waals surface area contributed by atoms with Crippen molar-refractivity contribution >= 4 is 0 Å². The van der Waals surface area contributed by atoms with E-state index in [-0.39, 0.29) is 0 Å². The molecule has 3 N–H and O–H groups in total. The first kappa shape index (κ1) is 14.7. The van der Waals surface area contributed by atoms with Gasteiger partial charge in [-0.2, -0.15) is 0 Å². The van der Waals surface area contributed by atoms with Crippen molar-refractivity contribution in [3.63, 3.8) is 0 Å². The summed E-state index contributed by atoms with van der Waals surface area (Å²) in [6, 6.07) is 0.291. The molecule has 0 aliphatic heterocycles. The number of hydrogen-bond acceptors (Lipinski definition) is 2. The van der Waals surface area contributed by atoms with Crippen LogP contribution in [0, 0.1) is 11.3 Å². The highest BCUT2D eigenvalue weighted by Gasteiger charge is 2.19. The molecule has 2 nitrogen and oxygen atoms in total. The van der Waals surface area contributed by atoms with Gasteiger partial charge in [-0.15, -0.1) is 0 Å². The lowest BCUT2D eigenvalue weighted by Gasteiger charge is -2.26. The third kappa shape index (κ3) is 6.23. The summed E-state index contributed by atoms with van der Waals surface area (Å²) in [5.74, 6) is 0.649. The molecular formula is C15H30N2. The lowest BCUT2D eigenvalue weighted by molar-refractivity contribution is 0.297. The molecule has 17 heavy (non-hydrogen) atoms. The number of unbranched alkanes of at least 4 members (excludes halogenated alkanes) is 2. The molecular weight excluding hydrogens is 208 g/mol. The van der Waals surface area contributed by atoms with Gasteiger partial charge >= 0.3 is 0 Å². The Morgan fingerprint density at radius 1 is 1.29 bits per heavy atom. The van der Waals surface area contributed by atoms with E-state index in [4.69, 9.17) is 5.73 Å². The summed E-state index contributed by atoms with van der Waals surface area (Å²) in [5, 5.41) is 3.61. The summed E-state index contributed by atoms with van der Waals surface area (Å²) in [5.41, 5.74) is 6.28. The average Bonchev–Trinajstić information content (AvgIpc) is 2.64. The number of rotatable bonds is 8. The lowest BCUT2D eigenvalue weighted by atomic mass is 9.86. The molecule has 0 aromatic carbocycles. The van der Waals surface area contributed by atoms with E-state index in [0.29, 0.717) is 17.4 Å². The third-order valence-corrected chi connectivity index (χ3v) is 3.67. The minimum Gasteiger partial charge on any atom is -0.324 e. The first-order valence-corrected chi connectivity index (χ1v) is 7.18. The molecule has 0 bridgehead atoms. The molecule has 0 spiro atoms. The average molecular weight is 238 g/mol. The van der Waals surface area contributed by atoms with E-state index in [9.17, 15) is 0 Å². The van der Waals surface area contributed by atoms with E-state index in [1.807, 2.05) is 0 Å². The standard InChI is InChI=1S/C15H30N2/c1-4-5-6-9-15(2,3)12-17-11-13-7-8-14(16)10-13/h7-8,13-14,17H,4-6,9-12,16H2,1-3H3. The van der Waals surface area contributed by atoms with E-state index in [1.165, 1.54) is 25.7 Å². The van der Waals surface area contributed by atoms with Gasteiger partial charge in [-0.1, -0.05) is 52.2 Å². The Hall–Kier alpha value is -0.340. The fourth-order valence-corrected chi connectivity index (χ4v) is 2.50. The van der Waals surface area contributed by atoms with Gasteiger partial charge in [0.1, 0.15) is 0 Å². The molecule has 0 saturated heterocycles. The molecule has 0 saturated carbocycles. The quantitative estimate of drug-likeness (QED) is 0.504. The third-order valence-electron chi connectivity index (χ3n) is 3.67. The SMILES string of the molecule is CCCCCC(C)(C)CNCC1C=CC(N)C1. The van der Waals surface area contributed by atoms with Crippen LogP contribution >= 0.6 is 0 Å². The van der Waals surface area contributed by atoms with Gasteiger partial charge in [0.25, 0.3) is 0 Å². The van der Waals surface area contributed by atoms with Crippen LogP contribution in [-0.4, -0.2) is 19.1 Å². The topological polar surface area (TPSA) is 38.0 Å². The van der Waals surface area contributed by atoms with Crippen LogP contribution in [-0.2, 0) is 0 Å². The molecule has 2 unspecified atom stereocenters. The minimum absolute atomic E-state index is 0.291. The van der Waals surface area contributed by atoms with Crippen molar-refractivity contribution in [1.82, 2.24) is 5.32 Å². The van der Waals surface area contributed by atoms with Crippen LogP contribution in [0.15, 0.2) is 12.2 Å². The van der Waals surface area contributed by atoms with Crippen molar-refractivity contribution in [2.45, 2.75) is 58.9 Å². The zero-order valence-corrected chi connectivity index (χ0v) is 11.8. The van der Waals surface area contributed by atoms with E-state index >= 15 is 0 Å². The Bertz CT molecular complexity index is 233. The molecule has 2 atom stereocenters. The van der Waals surface area contributed by atoms with E-state index in [2.05, 4.69) is 38.2 Å². The molecule has 1 rings (SSSR count). The first-order valence-electron chi connectivity index (χ1n) is 7.18. The number of nitrogens with two attached hydrogens (primary N) is 1. The fraction of sp³-hybridized carbons (Fsp3) is 0.867. The van der Waals surface area contributed by atoms with Crippen LogP contribution < -0.4 is 11.1 Å². The first-order chi connectivity index (χ1) is 8.03. The van der Waals surface area contributed by atoms with Crippen LogP contribution in [0.1, 0.15) is 52.9 Å². The zero-order chi connectivity index (χ0) is 12.7. The van der Waals surface area contributed by atoms with Crippen molar-refractivity contribution < 1.29 is 0 Å². The molecule has 0 aromatic rings. The summed E-state index contributed by atoms with van der Waals surface area (Å²) < 4.78 is 0. The normalized spacial score (nSPS) is 24.5.